The van der Waals surface area contributed by atoms with Crippen molar-refractivity contribution in [1.82, 2.24) is 14.9 Å². The van der Waals surface area contributed by atoms with Gasteiger partial charge in [0, 0.05) is 31.6 Å². The molecule has 0 unspecified atom stereocenters. The van der Waals surface area contributed by atoms with Crippen molar-refractivity contribution in [2.45, 2.75) is 36.6 Å². The van der Waals surface area contributed by atoms with Crippen molar-refractivity contribution in [1.29, 1.82) is 0 Å². The lowest BCUT2D eigenvalue weighted by molar-refractivity contribution is -0.126. The lowest BCUT2D eigenvalue weighted by atomic mass is 9.96. The molecule has 1 atom stereocenters. The summed E-state index contributed by atoms with van der Waals surface area (Å²) in [7, 11) is -3.45. The number of carbonyl (C=O) groups is 1. The second kappa shape index (κ2) is 7.63. The van der Waals surface area contributed by atoms with Gasteiger partial charge in [0.2, 0.25) is 15.9 Å². The molecule has 2 aliphatic heterocycles. The third-order valence-corrected chi connectivity index (χ3v) is 6.76. The molecule has 7 heteroatoms. The third kappa shape index (κ3) is 3.96. The van der Waals surface area contributed by atoms with Gasteiger partial charge in [0.15, 0.2) is 0 Å². The summed E-state index contributed by atoms with van der Waals surface area (Å²) in [4.78, 5) is 12.7. The molecule has 2 saturated heterocycles. The Hall–Kier alpha value is -1.44. The Kier molecular flexibility index (Phi) is 5.53. The normalized spacial score (nSPS) is 23.8. The van der Waals surface area contributed by atoms with E-state index in [-0.39, 0.29) is 17.9 Å². The lowest BCUT2D eigenvalue weighted by Gasteiger charge is -2.32. The second-order valence-electron chi connectivity index (χ2n) is 6.54. The van der Waals surface area contributed by atoms with Crippen molar-refractivity contribution in [3.8, 4) is 0 Å². The van der Waals surface area contributed by atoms with Gasteiger partial charge >= 0.3 is 0 Å². The predicted octanol–water partition coefficient (Wildman–Crippen LogP) is 0.956. The average molecular weight is 351 g/mol. The van der Waals surface area contributed by atoms with Crippen LogP contribution in [0.25, 0.3) is 0 Å². The number of piperidine rings is 2. The van der Waals surface area contributed by atoms with Crippen LogP contribution in [-0.2, 0) is 14.8 Å². The summed E-state index contributed by atoms with van der Waals surface area (Å²) in [6.07, 6.45) is 3.26. The van der Waals surface area contributed by atoms with Crippen molar-refractivity contribution in [3.05, 3.63) is 30.3 Å². The van der Waals surface area contributed by atoms with E-state index in [2.05, 4.69) is 10.6 Å². The van der Waals surface area contributed by atoms with E-state index in [1.807, 2.05) is 0 Å². The van der Waals surface area contributed by atoms with Gasteiger partial charge in [-0.05, 0) is 44.4 Å². The number of nitrogens with one attached hydrogen (secondary N) is 2. The van der Waals surface area contributed by atoms with Gasteiger partial charge in [0.25, 0.3) is 0 Å². The van der Waals surface area contributed by atoms with E-state index in [9.17, 15) is 13.2 Å². The molecule has 0 spiro atoms. The van der Waals surface area contributed by atoms with Crippen molar-refractivity contribution >= 4 is 15.9 Å². The van der Waals surface area contributed by atoms with Crippen LogP contribution in [0.3, 0.4) is 0 Å². The molecule has 132 valence electrons. The Labute approximate surface area is 143 Å². The minimum atomic E-state index is -3.45. The highest BCUT2D eigenvalue weighted by Gasteiger charge is 2.32. The summed E-state index contributed by atoms with van der Waals surface area (Å²) < 4.78 is 26.7. The maximum Gasteiger partial charge on any atom is 0.243 e. The van der Waals surface area contributed by atoms with Crippen LogP contribution in [0.2, 0.25) is 0 Å². The number of benzene rings is 1. The Morgan fingerprint density at radius 1 is 1.12 bits per heavy atom. The summed E-state index contributed by atoms with van der Waals surface area (Å²) in [5.74, 6) is -0.0189. The van der Waals surface area contributed by atoms with Crippen LogP contribution in [0, 0.1) is 5.92 Å². The number of sulfonamides is 1. The van der Waals surface area contributed by atoms with E-state index < -0.39 is 10.0 Å². The van der Waals surface area contributed by atoms with Crippen molar-refractivity contribution in [2.24, 2.45) is 5.92 Å². The third-order valence-electron chi connectivity index (χ3n) is 4.85. The molecule has 1 aromatic rings. The molecule has 6 nitrogen and oxygen atoms in total. The van der Waals surface area contributed by atoms with E-state index in [0.717, 1.165) is 25.9 Å². The summed E-state index contributed by atoms with van der Waals surface area (Å²) in [6.45, 7) is 2.64. The number of amides is 1. The second-order valence-corrected chi connectivity index (χ2v) is 8.48. The monoisotopic (exact) mass is 351 g/mol. The fourth-order valence-corrected chi connectivity index (χ4v) is 4.88. The van der Waals surface area contributed by atoms with Gasteiger partial charge in [-0.1, -0.05) is 18.2 Å². The fraction of sp³-hybridized carbons (Fsp3) is 0.588. The van der Waals surface area contributed by atoms with Crippen molar-refractivity contribution < 1.29 is 13.2 Å². The average Bonchev–Trinajstić information content (AvgIpc) is 2.63. The largest absolute Gasteiger partial charge is 0.352 e. The molecular formula is C17H25N3O3S. The predicted molar refractivity (Wildman–Crippen MR) is 92.0 cm³/mol. The molecule has 0 aliphatic carbocycles. The van der Waals surface area contributed by atoms with E-state index in [0.29, 0.717) is 30.8 Å². The van der Waals surface area contributed by atoms with Gasteiger partial charge in [-0.3, -0.25) is 4.79 Å². The summed E-state index contributed by atoms with van der Waals surface area (Å²) >= 11 is 0. The lowest BCUT2D eigenvalue weighted by Crippen LogP contribution is -2.49. The highest BCUT2D eigenvalue weighted by molar-refractivity contribution is 7.89. The standard InChI is InChI=1S/C17H25N3O3S/c21-17(19-15-5-4-10-18-13-15)14-8-11-20(12-9-14)24(22,23)16-6-2-1-3-7-16/h1-3,6-7,14-15,18H,4-5,8-13H2,(H,19,21)/t15-/m0/s1. The topological polar surface area (TPSA) is 78.5 Å². The molecule has 2 fully saturated rings. The van der Waals surface area contributed by atoms with E-state index in [1.54, 1.807) is 30.3 Å². The molecule has 24 heavy (non-hydrogen) atoms. The number of nitrogens with zero attached hydrogens (tertiary/aromatic N) is 1. The molecule has 1 amide bonds. The zero-order chi connectivity index (χ0) is 17.0. The van der Waals surface area contributed by atoms with E-state index in [4.69, 9.17) is 0 Å². The molecule has 0 saturated carbocycles. The Morgan fingerprint density at radius 2 is 1.83 bits per heavy atom. The first-order chi connectivity index (χ1) is 11.6. The van der Waals surface area contributed by atoms with Crippen LogP contribution in [0.4, 0.5) is 0 Å². The summed E-state index contributed by atoms with van der Waals surface area (Å²) in [5.41, 5.74) is 0. The first kappa shape index (κ1) is 17.4. The molecular weight excluding hydrogens is 326 g/mol. The van der Waals surface area contributed by atoms with Gasteiger partial charge in [-0.25, -0.2) is 8.42 Å². The Balaban J connectivity index is 1.54. The minimum Gasteiger partial charge on any atom is -0.352 e. The van der Waals surface area contributed by atoms with Gasteiger partial charge in [-0.15, -0.1) is 0 Å². The van der Waals surface area contributed by atoms with E-state index >= 15 is 0 Å². The molecule has 1 aromatic carbocycles. The van der Waals surface area contributed by atoms with Crippen LogP contribution in [-0.4, -0.2) is 50.9 Å². The zero-order valence-corrected chi connectivity index (χ0v) is 14.6. The molecule has 0 bridgehead atoms. The number of hydrogen-bond donors (Lipinski definition) is 2. The highest BCUT2D eigenvalue weighted by Crippen LogP contribution is 2.24. The molecule has 2 N–H and O–H groups in total. The number of carbonyl (C=O) groups excluding carboxylic acids is 1. The van der Waals surface area contributed by atoms with Crippen molar-refractivity contribution in [3.63, 3.8) is 0 Å². The number of rotatable bonds is 4. The van der Waals surface area contributed by atoms with E-state index in [1.165, 1.54) is 4.31 Å². The Morgan fingerprint density at radius 3 is 2.46 bits per heavy atom. The van der Waals surface area contributed by atoms with Crippen LogP contribution >= 0.6 is 0 Å². The Bertz CT molecular complexity index is 649. The minimum absolute atomic E-state index is 0.0699. The van der Waals surface area contributed by atoms with Gasteiger partial charge < -0.3 is 10.6 Å². The van der Waals surface area contributed by atoms with Crippen LogP contribution in [0.1, 0.15) is 25.7 Å². The maximum absolute atomic E-state index is 12.6. The first-order valence-electron chi connectivity index (χ1n) is 8.63. The van der Waals surface area contributed by atoms with Gasteiger partial charge in [0.05, 0.1) is 4.90 Å². The van der Waals surface area contributed by atoms with Crippen LogP contribution < -0.4 is 10.6 Å². The molecule has 0 radical (unpaired) electrons. The van der Waals surface area contributed by atoms with Crippen LogP contribution in [0.15, 0.2) is 35.2 Å². The summed E-state index contributed by atoms with van der Waals surface area (Å²) in [5, 5.41) is 6.39. The summed E-state index contributed by atoms with van der Waals surface area (Å²) in [6, 6.07) is 8.69. The highest BCUT2D eigenvalue weighted by atomic mass is 32.2. The quantitative estimate of drug-likeness (QED) is 0.847. The SMILES string of the molecule is O=C(N[C@H]1CCCNC1)C1CCN(S(=O)(=O)c2ccccc2)CC1. The molecule has 2 heterocycles. The molecule has 0 aromatic heterocycles. The van der Waals surface area contributed by atoms with Crippen LogP contribution in [0.5, 0.6) is 0 Å². The number of hydrogen-bond acceptors (Lipinski definition) is 4. The van der Waals surface area contributed by atoms with Crippen molar-refractivity contribution in [2.75, 3.05) is 26.2 Å². The molecule has 3 rings (SSSR count). The molecule has 2 aliphatic rings. The smallest absolute Gasteiger partial charge is 0.243 e. The van der Waals surface area contributed by atoms with Gasteiger partial charge in [0.1, 0.15) is 0 Å². The maximum atomic E-state index is 12.6. The first-order valence-corrected chi connectivity index (χ1v) is 10.1. The van der Waals surface area contributed by atoms with Gasteiger partial charge in [-0.2, -0.15) is 4.31 Å². The fourth-order valence-electron chi connectivity index (χ4n) is 3.39. The zero-order valence-electron chi connectivity index (χ0n) is 13.8.